The van der Waals surface area contributed by atoms with Crippen molar-refractivity contribution in [3.8, 4) is 0 Å². The molecule has 184 valence electrons. The Bertz CT molecular complexity index is 2090. The Morgan fingerprint density at radius 1 is 0.605 bits per heavy atom. The van der Waals surface area contributed by atoms with Crippen LogP contribution in [-0.2, 0) is 9.31 Å². The van der Waals surface area contributed by atoms with Gasteiger partial charge in [-0.15, -0.1) is 0 Å². The highest BCUT2D eigenvalue weighted by Gasteiger charge is 2.51. The summed E-state index contributed by atoms with van der Waals surface area (Å²) in [5.74, 6) is 0. The number of benzene rings is 5. The van der Waals surface area contributed by atoms with Crippen LogP contribution >= 0.6 is 0 Å². The summed E-state index contributed by atoms with van der Waals surface area (Å²) >= 11 is 0. The first kappa shape index (κ1) is 22.1. The summed E-state index contributed by atoms with van der Waals surface area (Å²) in [4.78, 5) is 5.35. The van der Waals surface area contributed by atoms with E-state index in [0.29, 0.717) is 0 Å². The SMILES string of the molecule is CC1(C)OB(c2ccc3c(c2)c2ccccc2n2c3nc3c4ccccc4c4ccccc4c32)OC1(C)C. The average Bonchev–Trinajstić information content (AvgIpc) is 3.43. The molecule has 1 fully saturated rings. The summed E-state index contributed by atoms with van der Waals surface area (Å²) < 4.78 is 15.2. The Hall–Kier alpha value is -3.93. The van der Waals surface area contributed by atoms with E-state index in [1.807, 2.05) is 0 Å². The van der Waals surface area contributed by atoms with Gasteiger partial charge in [0.25, 0.3) is 0 Å². The zero-order valence-electron chi connectivity index (χ0n) is 21.9. The van der Waals surface area contributed by atoms with Gasteiger partial charge in [-0.25, -0.2) is 4.98 Å². The monoisotopic (exact) mass is 494 g/mol. The maximum Gasteiger partial charge on any atom is 0.494 e. The van der Waals surface area contributed by atoms with Gasteiger partial charge in [0.15, 0.2) is 0 Å². The Morgan fingerprint density at radius 2 is 1.18 bits per heavy atom. The molecule has 38 heavy (non-hydrogen) atoms. The third kappa shape index (κ3) is 2.81. The highest BCUT2D eigenvalue weighted by atomic mass is 16.7. The smallest absolute Gasteiger partial charge is 0.399 e. The highest BCUT2D eigenvalue weighted by molar-refractivity contribution is 6.62. The lowest BCUT2D eigenvalue weighted by atomic mass is 9.78. The number of para-hydroxylation sites is 1. The summed E-state index contributed by atoms with van der Waals surface area (Å²) in [5.41, 5.74) is 4.55. The van der Waals surface area contributed by atoms with Crippen molar-refractivity contribution in [2.45, 2.75) is 38.9 Å². The van der Waals surface area contributed by atoms with Crippen LogP contribution in [0.15, 0.2) is 91.0 Å². The van der Waals surface area contributed by atoms with Gasteiger partial charge in [0.1, 0.15) is 5.65 Å². The molecule has 1 saturated heterocycles. The number of nitrogens with zero attached hydrogens (tertiary/aromatic N) is 2. The molecule has 0 N–H and O–H groups in total. The first-order valence-electron chi connectivity index (χ1n) is 13.3. The fraction of sp³-hybridized carbons (Fsp3) is 0.182. The molecular formula is C33H27BN2O2. The van der Waals surface area contributed by atoms with E-state index in [2.05, 4.69) is 123 Å². The maximum atomic E-state index is 6.40. The van der Waals surface area contributed by atoms with Crippen molar-refractivity contribution in [1.82, 2.24) is 9.38 Å². The number of hydrogen-bond acceptors (Lipinski definition) is 3. The minimum absolute atomic E-state index is 0.387. The predicted molar refractivity (Wildman–Crippen MR) is 158 cm³/mol. The summed E-state index contributed by atoms with van der Waals surface area (Å²) in [7, 11) is -0.411. The second-order valence-electron chi connectivity index (χ2n) is 11.5. The zero-order valence-corrected chi connectivity index (χ0v) is 21.9. The third-order valence-corrected chi connectivity index (χ3v) is 8.78. The predicted octanol–water partition coefficient (Wildman–Crippen LogP) is 7.40. The molecule has 0 amide bonds. The molecule has 0 radical (unpaired) electrons. The van der Waals surface area contributed by atoms with E-state index in [1.165, 1.54) is 26.9 Å². The molecule has 0 saturated carbocycles. The normalized spacial score (nSPS) is 17.1. The first-order valence-corrected chi connectivity index (χ1v) is 13.3. The van der Waals surface area contributed by atoms with E-state index in [1.54, 1.807) is 0 Å². The van der Waals surface area contributed by atoms with Crippen molar-refractivity contribution in [3.05, 3.63) is 91.0 Å². The van der Waals surface area contributed by atoms with E-state index in [9.17, 15) is 0 Å². The molecule has 5 aromatic carbocycles. The number of imidazole rings is 1. The van der Waals surface area contributed by atoms with E-state index in [-0.39, 0.29) is 11.2 Å². The Kier molecular flexibility index (Phi) is 4.27. The van der Waals surface area contributed by atoms with Crippen LogP contribution in [0.5, 0.6) is 0 Å². The van der Waals surface area contributed by atoms with Crippen LogP contribution in [0.3, 0.4) is 0 Å². The maximum absolute atomic E-state index is 6.40. The fourth-order valence-electron chi connectivity index (χ4n) is 6.12. The largest absolute Gasteiger partial charge is 0.494 e. The number of rotatable bonds is 1. The van der Waals surface area contributed by atoms with Crippen molar-refractivity contribution < 1.29 is 9.31 Å². The standard InChI is InChI=1S/C33H27BN2O2/c1-32(2)33(3,4)38-34(37-32)20-17-18-26-27(19-20)23-13-9-10-16-28(23)36-30-25-15-8-6-12-22(25)21-11-5-7-14-24(21)29(30)35-31(26)36/h5-19H,1-4H3. The van der Waals surface area contributed by atoms with Crippen molar-refractivity contribution in [3.63, 3.8) is 0 Å². The van der Waals surface area contributed by atoms with Gasteiger partial charge in [0.05, 0.1) is 27.8 Å². The molecule has 0 aliphatic carbocycles. The van der Waals surface area contributed by atoms with Crippen molar-refractivity contribution >= 4 is 72.5 Å². The van der Waals surface area contributed by atoms with Gasteiger partial charge in [0, 0.05) is 21.5 Å². The molecule has 2 aromatic heterocycles. The van der Waals surface area contributed by atoms with Gasteiger partial charge in [-0.2, -0.15) is 0 Å². The summed E-state index contributed by atoms with van der Waals surface area (Å²) in [6.07, 6.45) is 0. The molecule has 5 heteroatoms. The van der Waals surface area contributed by atoms with E-state index in [0.717, 1.165) is 38.4 Å². The second-order valence-corrected chi connectivity index (χ2v) is 11.5. The molecule has 8 rings (SSSR count). The van der Waals surface area contributed by atoms with Crippen LogP contribution in [0.1, 0.15) is 27.7 Å². The van der Waals surface area contributed by atoms with Gasteiger partial charge in [0.2, 0.25) is 0 Å². The molecule has 4 nitrogen and oxygen atoms in total. The minimum Gasteiger partial charge on any atom is -0.399 e. The quantitative estimate of drug-likeness (QED) is 0.176. The first-order chi connectivity index (χ1) is 18.3. The van der Waals surface area contributed by atoms with E-state index in [4.69, 9.17) is 14.3 Å². The Morgan fingerprint density at radius 3 is 1.89 bits per heavy atom. The third-order valence-electron chi connectivity index (χ3n) is 8.78. The molecule has 3 heterocycles. The molecule has 1 aliphatic heterocycles. The lowest BCUT2D eigenvalue weighted by molar-refractivity contribution is 0.00578. The molecule has 0 atom stereocenters. The number of fused-ring (bicyclic) bond motifs is 13. The van der Waals surface area contributed by atoms with E-state index < -0.39 is 7.12 Å². The highest BCUT2D eigenvalue weighted by Crippen LogP contribution is 2.40. The number of hydrogen-bond donors (Lipinski definition) is 0. The molecule has 7 aromatic rings. The van der Waals surface area contributed by atoms with Crippen molar-refractivity contribution in [2.75, 3.05) is 0 Å². The molecule has 0 unspecified atom stereocenters. The van der Waals surface area contributed by atoms with Crippen molar-refractivity contribution in [1.29, 1.82) is 0 Å². The number of aromatic nitrogens is 2. The van der Waals surface area contributed by atoms with Crippen LogP contribution in [-0.4, -0.2) is 27.7 Å². The minimum atomic E-state index is -0.411. The van der Waals surface area contributed by atoms with Crippen LogP contribution in [0, 0.1) is 0 Å². The Labute approximate surface area is 220 Å². The van der Waals surface area contributed by atoms with Gasteiger partial charge in [-0.1, -0.05) is 84.9 Å². The van der Waals surface area contributed by atoms with Crippen LogP contribution in [0.25, 0.3) is 59.9 Å². The lowest BCUT2D eigenvalue weighted by Crippen LogP contribution is -2.41. The van der Waals surface area contributed by atoms with Gasteiger partial charge >= 0.3 is 7.12 Å². The summed E-state index contributed by atoms with van der Waals surface area (Å²) in [6, 6.07) is 32.5. The molecule has 1 aliphatic rings. The zero-order chi connectivity index (χ0) is 25.8. The summed E-state index contributed by atoms with van der Waals surface area (Å²) in [5, 5.41) is 8.33. The van der Waals surface area contributed by atoms with Crippen LogP contribution in [0.4, 0.5) is 0 Å². The van der Waals surface area contributed by atoms with Gasteiger partial charge in [-0.3, -0.25) is 4.40 Å². The number of pyridine rings is 1. The fourth-order valence-corrected chi connectivity index (χ4v) is 6.12. The van der Waals surface area contributed by atoms with Gasteiger partial charge < -0.3 is 9.31 Å². The molecule has 0 bridgehead atoms. The summed E-state index contributed by atoms with van der Waals surface area (Å²) in [6.45, 7) is 8.38. The molecule has 0 spiro atoms. The van der Waals surface area contributed by atoms with E-state index >= 15 is 0 Å². The Balaban J connectivity index is 1.52. The molecular weight excluding hydrogens is 467 g/mol. The second kappa shape index (κ2) is 7.34. The van der Waals surface area contributed by atoms with Crippen molar-refractivity contribution in [2.24, 2.45) is 0 Å². The van der Waals surface area contributed by atoms with Crippen LogP contribution < -0.4 is 5.46 Å². The van der Waals surface area contributed by atoms with Crippen LogP contribution in [0.2, 0.25) is 0 Å². The average molecular weight is 494 g/mol. The van der Waals surface area contributed by atoms with Gasteiger partial charge in [-0.05, 0) is 55.4 Å². The topological polar surface area (TPSA) is 35.8 Å². The lowest BCUT2D eigenvalue weighted by Gasteiger charge is -2.32.